The van der Waals surface area contributed by atoms with Crippen LogP contribution in [0.4, 0.5) is 8.78 Å². The molecule has 0 spiro atoms. The van der Waals surface area contributed by atoms with Gasteiger partial charge in [0.15, 0.2) is 0 Å². The molecule has 0 aliphatic carbocycles. The van der Waals surface area contributed by atoms with E-state index in [9.17, 15) is 23.5 Å². The highest BCUT2D eigenvalue weighted by Gasteiger charge is 2.25. The molecule has 32 heavy (non-hydrogen) atoms. The molecule has 0 saturated carbocycles. The van der Waals surface area contributed by atoms with Crippen molar-refractivity contribution in [2.75, 3.05) is 18.8 Å². The maximum Gasteiger partial charge on any atom is 0.253 e. The smallest absolute Gasteiger partial charge is 0.253 e. The number of aliphatic hydroxyl groups is 1. The van der Waals surface area contributed by atoms with Crippen molar-refractivity contribution in [1.29, 1.82) is 0 Å². The first-order chi connectivity index (χ1) is 15.2. The van der Waals surface area contributed by atoms with Crippen LogP contribution < -0.4 is 5.32 Å². The van der Waals surface area contributed by atoms with Crippen molar-refractivity contribution >= 4 is 24.4 Å². The molecule has 0 fully saturated rings. The normalized spacial score (nSPS) is 12.8. The van der Waals surface area contributed by atoms with E-state index >= 15 is 0 Å². The lowest BCUT2D eigenvalue weighted by atomic mass is 10.00. The van der Waals surface area contributed by atoms with Crippen molar-refractivity contribution in [3.63, 3.8) is 0 Å². The highest BCUT2D eigenvalue weighted by Crippen LogP contribution is 2.22. The van der Waals surface area contributed by atoms with Gasteiger partial charge in [-0.1, -0.05) is 13.8 Å². The molecule has 0 aromatic heterocycles. The summed E-state index contributed by atoms with van der Waals surface area (Å²) in [7, 11) is 0. The van der Waals surface area contributed by atoms with Gasteiger partial charge in [-0.05, 0) is 61.2 Å². The van der Waals surface area contributed by atoms with Gasteiger partial charge in [-0.3, -0.25) is 9.59 Å². The van der Waals surface area contributed by atoms with Gasteiger partial charge >= 0.3 is 0 Å². The first-order valence-corrected chi connectivity index (χ1v) is 11.3. The Morgan fingerprint density at radius 2 is 1.56 bits per heavy atom. The molecular weight excluding hydrogens is 434 g/mol. The molecule has 2 aromatic rings. The number of benzene rings is 2. The summed E-state index contributed by atoms with van der Waals surface area (Å²) >= 11 is 4.05. The van der Waals surface area contributed by atoms with E-state index in [2.05, 4.69) is 17.9 Å². The van der Waals surface area contributed by atoms with Crippen LogP contribution in [0.2, 0.25) is 0 Å². The van der Waals surface area contributed by atoms with Crippen LogP contribution in [0, 0.1) is 18.6 Å². The molecule has 0 radical (unpaired) electrons. The minimum absolute atomic E-state index is 0.0381. The molecular formula is C24H30F2N2O3S. The Morgan fingerprint density at radius 3 is 2.09 bits per heavy atom. The summed E-state index contributed by atoms with van der Waals surface area (Å²) in [5.74, 6) is -2.41. The van der Waals surface area contributed by atoms with Gasteiger partial charge in [0.2, 0.25) is 0 Å². The molecule has 0 saturated heterocycles. The van der Waals surface area contributed by atoms with E-state index in [1.807, 2.05) is 13.8 Å². The van der Waals surface area contributed by atoms with Crippen LogP contribution in [0.1, 0.15) is 64.6 Å². The number of halogens is 2. The van der Waals surface area contributed by atoms with Crippen LogP contribution >= 0.6 is 12.6 Å². The Bertz CT molecular complexity index is 929. The molecule has 2 rings (SSSR count). The SMILES string of the molecule is CCCN(CCC)C(=O)c1cc(C)cc(C(=O)NC(c2cc(F)cc(F)c2)[C@@H](O)CS)c1. The minimum atomic E-state index is -1.18. The van der Waals surface area contributed by atoms with Gasteiger partial charge in [-0.2, -0.15) is 12.6 Å². The van der Waals surface area contributed by atoms with Crippen molar-refractivity contribution in [3.8, 4) is 0 Å². The second-order valence-electron chi connectivity index (χ2n) is 7.78. The summed E-state index contributed by atoms with van der Waals surface area (Å²) in [6, 6.07) is 6.58. The van der Waals surface area contributed by atoms with E-state index in [-0.39, 0.29) is 22.8 Å². The lowest BCUT2D eigenvalue weighted by Crippen LogP contribution is -2.37. The second kappa shape index (κ2) is 12.0. The van der Waals surface area contributed by atoms with Crippen LogP contribution in [-0.2, 0) is 0 Å². The molecule has 5 nitrogen and oxygen atoms in total. The number of thiol groups is 1. The average Bonchev–Trinajstić information content (AvgIpc) is 2.75. The van der Waals surface area contributed by atoms with Gasteiger partial charge in [0.25, 0.3) is 11.8 Å². The number of amides is 2. The van der Waals surface area contributed by atoms with Gasteiger partial charge in [0.1, 0.15) is 11.6 Å². The van der Waals surface area contributed by atoms with Gasteiger partial charge in [-0.25, -0.2) is 8.78 Å². The standard InChI is InChI=1S/C24H30F2N2O3S/c1-4-6-28(7-5-2)24(31)18-9-15(3)8-17(10-18)23(30)27-22(21(29)14-32)16-11-19(25)13-20(26)12-16/h8-13,21-22,29,32H,4-7,14H2,1-3H3,(H,27,30)/t21-,22?/m0/s1. The van der Waals surface area contributed by atoms with Gasteiger partial charge in [-0.15, -0.1) is 0 Å². The number of hydrogen-bond acceptors (Lipinski definition) is 4. The molecule has 0 aliphatic heterocycles. The second-order valence-corrected chi connectivity index (χ2v) is 8.15. The Labute approximate surface area is 193 Å². The summed E-state index contributed by atoms with van der Waals surface area (Å²) < 4.78 is 27.4. The third-order valence-corrected chi connectivity index (χ3v) is 5.34. The maximum atomic E-state index is 13.7. The van der Waals surface area contributed by atoms with Gasteiger partial charge in [0.05, 0.1) is 12.1 Å². The monoisotopic (exact) mass is 464 g/mol. The first-order valence-electron chi connectivity index (χ1n) is 10.7. The molecule has 2 amide bonds. The zero-order valence-corrected chi connectivity index (χ0v) is 19.5. The van der Waals surface area contributed by atoms with E-state index in [4.69, 9.17) is 0 Å². The number of aryl methyl sites for hydroxylation is 1. The highest BCUT2D eigenvalue weighted by molar-refractivity contribution is 7.80. The van der Waals surface area contributed by atoms with E-state index in [0.717, 1.165) is 30.5 Å². The number of carbonyl (C=O) groups is 2. The predicted octanol–water partition coefficient (Wildman–Crippen LogP) is 4.30. The molecule has 1 unspecified atom stereocenters. The van der Waals surface area contributed by atoms with Crippen LogP contribution in [0.25, 0.3) is 0 Å². The molecule has 2 atom stereocenters. The molecule has 0 bridgehead atoms. The topological polar surface area (TPSA) is 69.6 Å². The third kappa shape index (κ3) is 6.77. The van der Waals surface area contributed by atoms with E-state index in [1.54, 1.807) is 24.0 Å². The first kappa shape index (κ1) is 25.8. The number of nitrogens with zero attached hydrogens (tertiary/aromatic N) is 1. The fourth-order valence-electron chi connectivity index (χ4n) is 3.56. The van der Waals surface area contributed by atoms with Crippen LogP contribution in [0.5, 0.6) is 0 Å². The van der Waals surface area contributed by atoms with Crippen LogP contribution in [0.3, 0.4) is 0 Å². The summed E-state index contributed by atoms with van der Waals surface area (Å²) in [4.78, 5) is 27.7. The van der Waals surface area contributed by atoms with Crippen molar-refractivity contribution in [3.05, 3.63) is 70.3 Å². The summed E-state index contributed by atoms with van der Waals surface area (Å²) in [5, 5.41) is 13.0. The predicted molar refractivity (Wildman–Crippen MR) is 124 cm³/mol. The third-order valence-electron chi connectivity index (χ3n) is 4.96. The fourth-order valence-corrected chi connectivity index (χ4v) is 3.77. The highest BCUT2D eigenvalue weighted by atomic mass is 32.1. The number of hydrogen-bond donors (Lipinski definition) is 3. The van der Waals surface area contributed by atoms with Crippen molar-refractivity contribution in [2.24, 2.45) is 0 Å². The van der Waals surface area contributed by atoms with Gasteiger partial charge in [0, 0.05) is 36.0 Å². The Kier molecular flexibility index (Phi) is 9.65. The molecule has 0 aliphatic rings. The molecule has 0 heterocycles. The number of carbonyl (C=O) groups excluding carboxylic acids is 2. The van der Waals surface area contributed by atoms with Crippen molar-refractivity contribution in [2.45, 2.75) is 45.8 Å². The lowest BCUT2D eigenvalue weighted by molar-refractivity contribution is 0.0755. The Balaban J connectivity index is 2.35. The number of rotatable bonds is 10. The molecule has 2 N–H and O–H groups in total. The summed E-state index contributed by atoms with van der Waals surface area (Å²) in [6.07, 6.45) is 0.454. The Hall–Kier alpha value is -2.45. The minimum Gasteiger partial charge on any atom is -0.390 e. The van der Waals surface area contributed by atoms with E-state index < -0.39 is 29.7 Å². The largest absolute Gasteiger partial charge is 0.390 e. The van der Waals surface area contributed by atoms with Crippen molar-refractivity contribution in [1.82, 2.24) is 10.2 Å². The fraction of sp³-hybridized carbons (Fsp3) is 0.417. The van der Waals surface area contributed by atoms with E-state index in [1.165, 1.54) is 6.07 Å². The quantitative estimate of drug-likeness (QED) is 0.459. The molecule has 8 heteroatoms. The summed E-state index contributed by atoms with van der Waals surface area (Å²) in [5.41, 5.74) is 1.41. The average molecular weight is 465 g/mol. The van der Waals surface area contributed by atoms with Crippen molar-refractivity contribution < 1.29 is 23.5 Å². The number of nitrogens with one attached hydrogen (secondary N) is 1. The Morgan fingerprint density at radius 1 is 1.00 bits per heavy atom. The summed E-state index contributed by atoms with van der Waals surface area (Å²) in [6.45, 7) is 6.99. The zero-order valence-electron chi connectivity index (χ0n) is 18.6. The molecule has 174 valence electrons. The number of aliphatic hydroxyl groups excluding tert-OH is 1. The van der Waals surface area contributed by atoms with Crippen LogP contribution in [0.15, 0.2) is 36.4 Å². The van der Waals surface area contributed by atoms with E-state index in [0.29, 0.717) is 24.7 Å². The zero-order chi connectivity index (χ0) is 23.8. The lowest BCUT2D eigenvalue weighted by Gasteiger charge is -2.24. The maximum absolute atomic E-state index is 13.7. The molecule has 2 aromatic carbocycles. The van der Waals surface area contributed by atoms with Gasteiger partial charge < -0.3 is 15.3 Å². The van der Waals surface area contributed by atoms with Crippen LogP contribution in [-0.4, -0.2) is 46.8 Å².